The van der Waals surface area contributed by atoms with Crippen LogP contribution in [0.25, 0.3) is 0 Å². The lowest BCUT2D eigenvalue weighted by atomic mass is 9.98. The van der Waals surface area contributed by atoms with Crippen LogP contribution in [0.15, 0.2) is 18.2 Å². The third-order valence-corrected chi connectivity index (χ3v) is 3.88. The number of amides is 2. The highest BCUT2D eigenvalue weighted by molar-refractivity contribution is 6.32. The Labute approximate surface area is 128 Å². The molecule has 0 unspecified atom stereocenters. The number of piperazine rings is 1. The molecule has 1 saturated heterocycles. The van der Waals surface area contributed by atoms with E-state index in [2.05, 4.69) is 5.32 Å². The molecule has 5 nitrogen and oxygen atoms in total. The zero-order valence-corrected chi connectivity index (χ0v) is 12.9. The number of nitrogens with zero attached hydrogens (tertiary/aromatic N) is 1. The molecule has 2 amide bonds. The van der Waals surface area contributed by atoms with Gasteiger partial charge in [0.1, 0.15) is 11.8 Å². The van der Waals surface area contributed by atoms with E-state index in [-0.39, 0.29) is 34.9 Å². The summed E-state index contributed by atoms with van der Waals surface area (Å²) in [6.45, 7) is 4.84. The number of hydrogen-bond acceptors (Lipinski definition) is 3. The monoisotopic (exact) mass is 310 g/mol. The Hall–Kier alpha value is -1.75. The van der Waals surface area contributed by atoms with Crippen LogP contribution in [0.3, 0.4) is 0 Å². The second-order valence-electron chi connectivity index (χ2n) is 5.53. The van der Waals surface area contributed by atoms with Gasteiger partial charge in [-0.1, -0.05) is 31.5 Å². The van der Waals surface area contributed by atoms with E-state index in [1.807, 2.05) is 13.8 Å². The van der Waals surface area contributed by atoms with Gasteiger partial charge in [-0.2, -0.15) is 0 Å². The average molecular weight is 311 g/mol. The normalized spacial score (nSPS) is 18.8. The standard InChI is InChI=1S/C15H19ClN2O3/c1-9(2)14-15(21)17-5-6-18(14)13(20)8-10-3-4-12(19)11(16)7-10/h3-4,7,9,14,19H,5-6,8H2,1-2H3,(H,17,21)/t14-/m1/s1. The van der Waals surface area contributed by atoms with E-state index in [4.69, 9.17) is 11.6 Å². The number of carbonyl (C=O) groups excluding carboxylic acids is 2. The van der Waals surface area contributed by atoms with E-state index in [9.17, 15) is 14.7 Å². The number of aromatic hydroxyl groups is 1. The summed E-state index contributed by atoms with van der Waals surface area (Å²) in [5.41, 5.74) is 0.719. The van der Waals surface area contributed by atoms with Gasteiger partial charge in [0.15, 0.2) is 0 Å². The Balaban J connectivity index is 2.14. The minimum Gasteiger partial charge on any atom is -0.506 e. The van der Waals surface area contributed by atoms with E-state index < -0.39 is 6.04 Å². The predicted octanol–water partition coefficient (Wildman–Crippen LogP) is 1.57. The van der Waals surface area contributed by atoms with Gasteiger partial charge >= 0.3 is 0 Å². The molecule has 0 spiro atoms. The summed E-state index contributed by atoms with van der Waals surface area (Å²) in [6, 6.07) is 4.27. The van der Waals surface area contributed by atoms with Crippen LogP contribution in [0.1, 0.15) is 19.4 Å². The third-order valence-electron chi connectivity index (χ3n) is 3.58. The summed E-state index contributed by atoms with van der Waals surface area (Å²) in [7, 11) is 0. The van der Waals surface area contributed by atoms with Gasteiger partial charge in [0.2, 0.25) is 11.8 Å². The Morgan fingerprint density at radius 1 is 1.52 bits per heavy atom. The number of phenolic OH excluding ortho intramolecular Hbond substituents is 1. The van der Waals surface area contributed by atoms with Crippen molar-refractivity contribution in [2.45, 2.75) is 26.3 Å². The maximum Gasteiger partial charge on any atom is 0.243 e. The lowest BCUT2D eigenvalue weighted by Gasteiger charge is -2.37. The number of halogens is 1. The van der Waals surface area contributed by atoms with Crippen molar-refractivity contribution in [1.82, 2.24) is 10.2 Å². The molecule has 6 heteroatoms. The smallest absolute Gasteiger partial charge is 0.243 e. The summed E-state index contributed by atoms with van der Waals surface area (Å²) < 4.78 is 0. The number of carbonyl (C=O) groups is 2. The number of benzene rings is 1. The van der Waals surface area contributed by atoms with Crippen molar-refractivity contribution >= 4 is 23.4 Å². The lowest BCUT2D eigenvalue weighted by Crippen LogP contribution is -2.59. The van der Waals surface area contributed by atoms with Gasteiger partial charge in [0.05, 0.1) is 11.4 Å². The Morgan fingerprint density at radius 3 is 2.86 bits per heavy atom. The zero-order chi connectivity index (χ0) is 15.6. The molecule has 1 fully saturated rings. The van der Waals surface area contributed by atoms with Crippen LogP contribution < -0.4 is 5.32 Å². The maximum absolute atomic E-state index is 12.5. The molecular formula is C15H19ClN2O3. The first-order chi connectivity index (χ1) is 9.90. The van der Waals surface area contributed by atoms with Gasteiger partial charge in [-0.05, 0) is 23.6 Å². The van der Waals surface area contributed by atoms with Crippen LogP contribution in [-0.4, -0.2) is 41.0 Å². The highest BCUT2D eigenvalue weighted by atomic mass is 35.5. The fraction of sp³-hybridized carbons (Fsp3) is 0.467. The molecule has 0 bridgehead atoms. The molecule has 1 aliphatic rings. The maximum atomic E-state index is 12.5. The molecule has 1 aromatic rings. The topological polar surface area (TPSA) is 69.6 Å². The number of rotatable bonds is 3. The van der Waals surface area contributed by atoms with Crippen molar-refractivity contribution < 1.29 is 14.7 Å². The van der Waals surface area contributed by atoms with Crippen molar-refractivity contribution in [1.29, 1.82) is 0 Å². The van der Waals surface area contributed by atoms with Crippen LogP contribution in [0.5, 0.6) is 5.75 Å². The lowest BCUT2D eigenvalue weighted by molar-refractivity contribution is -0.144. The van der Waals surface area contributed by atoms with Crippen LogP contribution in [-0.2, 0) is 16.0 Å². The van der Waals surface area contributed by atoms with Crippen LogP contribution in [0, 0.1) is 5.92 Å². The summed E-state index contributed by atoms with van der Waals surface area (Å²) in [5, 5.41) is 12.4. The average Bonchev–Trinajstić information content (AvgIpc) is 2.42. The van der Waals surface area contributed by atoms with Gasteiger partial charge in [-0.15, -0.1) is 0 Å². The summed E-state index contributed by atoms with van der Waals surface area (Å²) in [4.78, 5) is 26.0. The number of hydrogen-bond donors (Lipinski definition) is 2. The molecule has 1 heterocycles. The second-order valence-corrected chi connectivity index (χ2v) is 5.94. The minimum atomic E-state index is -0.432. The number of phenols is 1. The molecule has 0 aliphatic carbocycles. The fourth-order valence-electron chi connectivity index (χ4n) is 2.56. The van der Waals surface area contributed by atoms with Crippen molar-refractivity contribution in [3.63, 3.8) is 0 Å². The highest BCUT2D eigenvalue weighted by Crippen LogP contribution is 2.24. The van der Waals surface area contributed by atoms with E-state index >= 15 is 0 Å². The van der Waals surface area contributed by atoms with Gasteiger partial charge in [0, 0.05) is 13.1 Å². The van der Waals surface area contributed by atoms with Crippen molar-refractivity contribution in [3.05, 3.63) is 28.8 Å². The molecular weight excluding hydrogens is 292 g/mol. The van der Waals surface area contributed by atoms with Gasteiger partial charge < -0.3 is 15.3 Å². The molecule has 2 N–H and O–H groups in total. The van der Waals surface area contributed by atoms with Crippen molar-refractivity contribution in [2.75, 3.05) is 13.1 Å². The summed E-state index contributed by atoms with van der Waals surface area (Å²) in [5.74, 6) is -0.165. The molecule has 21 heavy (non-hydrogen) atoms. The Morgan fingerprint density at radius 2 is 2.24 bits per heavy atom. The summed E-state index contributed by atoms with van der Waals surface area (Å²) in [6.07, 6.45) is 0.163. The highest BCUT2D eigenvalue weighted by Gasteiger charge is 2.34. The predicted molar refractivity (Wildman–Crippen MR) is 80.2 cm³/mol. The van der Waals surface area contributed by atoms with Crippen LogP contribution in [0.4, 0.5) is 0 Å². The van der Waals surface area contributed by atoms with E-state index in [1.165, 1.54) is 6.07 Å². The second kappa shape index (κ2) is 6.35. The van der Waals surface area contributed by atoms with Gasteiger partial charge in [-0.25, -0.2) is 0 Å². The van der Waals surface area contributed by atoms with Gasteiger partial charge in [-0.3, -0.25) is 9.59 Å². The first-order valence-corrected chi connectivity index (χ1v) is 7.32. The van der Waals surface area contributed by atoms with Crippen molar-refractivity contribution in [3.8, 4) is 5.75 Å². The molecule has 114 valence electrons. The largest absolute Gasteiger partial charge is 0.506 e. The molecule has 1 aliphatic heterocycles. The van der Waals surface area contributed by atoms with Crippen LogP contribution in [0.2, 0.25) is 5.02 Å². The van der Waals surface area contributed by atoms with E-state index in [0.717, 1.165) is 5.56 Å². The SMILES string of the molecule is CC(C)[C@@H]1C(=O)NCCN1C(=O)Cc1ccc(O)c(Cl)c1. The summed E-state index contributed by atoms with van der Waals surface area (Å²) >= 11 is 5.85. The van der Waals surface area contributed by atoms with Crippen molar-refractivity contribution in [2.24, 2.45) is 5.92 Å². The quantitative estimate of drug-likeness (QED) is 0.890. The van der Waals surface area contributed by atoms with E-state index in [0.29, 0.717) is 13.1 Å². The van der Waals surface area contributed by atoms with E-state index in [1.54, 1.807) is 17.0 Å². The third kappa shape index (κ3) is 3.47. The molecule has 0 aromatic heterocycles. The molecule has 2 rings (SSSR count). The van der Waals surface area contributed by atoms with Gasteiger partial charge in [0.25, 0.3) is 0 Å². The molecule has 1 aromatic carbocycles. The molecule has 1 atom stereocenters. The first kappa shape index (κ1) is 15.6. The Bertz CT molecular complexity index is 560. The molecule has 0 saturated carbocycles. The van der Waals surface area contributed by atoms with Crippen LogP contribution >= 0.6 is 11.6 Å². The number of nitrogens with one attached hydrogen (secondary N) is 1. The fourth-order valence-corrected chi connectivity index (χ4v) is 2.77. The molecule has 0 radical (unpaired) electrons. The minimum absolute atomic E-state index is 0.00901. The Kier molecular flexibility index (Phi) is 4.73. The first-order valence-electron chi connectivity index (χ1n) is 6.94. The zero-order valence-electron chi connectivity index (χ0n) is 12.1.